The van der Waals surface area contributed by atoms with E-state index in [2.05, 4.69) is 17.6 Å². The molecule has 0 aromatic heterocycles. The smallest absolute Gasteiger partial charge is 0.223 e. The Morgan fingerprint density at radius 2 is 2.40 bits per heavy atom. The number of hydrogen-bond acceptors (Lipinski definition) is 2. The van der Waals surface area contributed by atoms with Crippen molar-refractivity contribution < 1.29 is 4.79 Å². The minimum absolute atomic E-state index is 0.317. The van der Waals surface area contributed by atoms with Crippen molar-refractivity contribution in [3.63, 3.8) is 0 Å². The van der Waals surface area contributed by atoms with Crippen LogP contribution in [0.15, 0.2) is 0 Å². The molecule has 1 saturated heterocycles. The topological polar surface area (TPSA) is 41.1 Å². The molecule has 2 N–H and O–H groups in total. The van der Waals surface area contributed by atoms with Crippen LogP contribution in [0.3, 0.4) is 0 Å². The molecule has 4 unspecified atom stereocenters. The minimum atomic E-state index is 0.317. The fraction of sp³-hybridized carbons (Fsp3) is 0.917. The lowest BCUT2D eigenvalue weighted by Gasteiger charge is -2.08. The normalized spacial score (nSPS) is 46.9. The molecule has 0 radical (unpaired) electrons. The predicted octanol–water partition coefficient (Wildman–Crippen LogP) is 0.758. The largest absolute Gasteiger partial charge is 0.356 e. The van der Waals surface area contributed by atoms with E-state index in [0.717, 1.165) is 37.9 Å². The zero-order valence-corrected chi connectivity index (χ0v) is 9.38. The van der Waals surface area contributed by atoms with Gasteiger partial charge in [0.05, 0.1) is 0 Å². The summed E-state index contributed by atoms with van der Waals surface area (Å²) in [6.07, 6.45) is 3.62. The number of carbonyl (C=O) groups excluding carboxylic acids is 1. The zero-order chi connectivity index (χ0) is 10.5. The molecule has 3 heteroatoms. The summed E-state index contributed by atoms with van der Waals surface area (Å²) in [6.45, 7) is 5.34. The Labute approximate surface area is 91.0 Å². The molecule has 3 nitrogen and oxygen atoms in total. The molecule has 1 aliphatic heterocycles. The Kier molecular flexibility index (Phi) is 2.06. The van der Waals surface area contributed by atoms with Crippen molar-refractivity contribution in [2.45, 2.75) is 26.2 Å². The summed E-state index contributed by atoms with van der Waals surface area (Å²) in [4.78, 5) is 11.9. The second-order valence-corrected chi connectivity index (χ2v) is 5.76. The minimum Gasteiger partial charge on any atom is -0.356 e. The van der Waals surface area contributed by atoms with Gasteiger partial charge >= 0.3 is 0 Å². The fourth-order valence-corrected chi connectivity index (χ4v) is 2.99. The molecule has 3 aliphatic rings. The Bertz CT molecular complexity index is 283. The van der Waals surface area contributed by atoms with Gasteiger partial charge in [-0.3, -0.25) is 4.79 Å². The second kappa shape index (κ2) is 3.21. The van der Waals surface area contributed by atoms with Crippen LogP contribution in [0.5, 0.6) is 0 Å². The maximum atomic E-state index is 11.9. The van der Waals surface area contributed by atoms with Crippen LogP contribution in [0, 0.1) is 23.2 Å². The highest BCUT2D eigenvalue weighted by Gasteiger charge is 2.58. The van der Waals surface area contributed by atoms with Crippen molar-refractivity contribution in [1.29, 1.82) is 0 Å². The molecule has 2 saturated carbocycles. The first-order chi connectivity index (χ1) is 7.21. The molecule has 2 aliphatic carbocycles. The number of hydrogen-bond donors (Lipinski definition) is 2. The van der Waals surface area contributed by atoms with Crippen molar-refractivity contribution >= 4 is 5.91 Å². The lowest BCUT2D eigenvalue weighted by atomic mass is 10.0. The van der Waals surface area contributed by atoms with Crippen molar-refractivity contribution in [2.24, 2.45) is 23.2 Å². The van der Waals surface area contributed by atoms with Crippen molar-refractivity contribution in [3.8, 4) is 0 Å². The van der Waals surface area contributed by atoms with E-state index < -0.39 is 0 Å². The highest BCUT2D eigenvalue weighted by Crippen LogP contribution is 2.56. The molecule has 1 amide bonds. The van der Waals surface area contributed by atoms with E-state index in [9.17, 15) is 4.79 Å². The van der Waals surface area contributed by atoms with Gasteiger partial charge in [-0.2, -0.15) is 0 Å². The summed E-state index contributed by atoms with van der Waals surface area (Å²) in [5, 5.41) is 6.49. The van der Waals surface area contributed by atoms with Gasteiger partial charge in [0, 0.05) is 19.0 Å². The maximum Gasteiger partial charge on any atom is 0.223 e. The summed E-state index contributed by atoms with van der Waals surface area (Å²) >= 11 is 0. The predicted molar refractivity (Wildman–Crippen MR) is 58.3 cm³/mol. The zero-order valence-electron chi connectivity index (χ0n) is 9.38. The van der Waals surface area contributed by atoms with Gasteiger partial charge in [0.2, 0.25) is 5.91 Å². The first-order valence-corrected chi connectivity index (χ1v) is 6.20. The molecular formula is C12H20N2O. The van der Waals surface area contributed by atoms with Gasteiger partial charge in [-0.15, -0.1) is 0 Å². The van der Waals surface area contributed by atoms with E-state index in [1.807, 2.05) is 0 Å². The van der Waals surface area contributed by atoms with Gasteiger partial charge in [0.25, 0.3) is 0 Å². The molecule has 84 valence electrons. The van der Waals surface area contributed by atoms with Crippen LogP contribution in [-0.4, -0.2) is 25.5 Å². The summed E-state index contributed by atoms with van der Waals surface area (Å²) in [6, 6.07) is 0. The Morgan fingerprint density at radius 3 is 3.00 bits per heavy atom. The summed E-state index contributed by atoms with van der Waals surface area (Å²) in [5.41, 5.74) is 0.360. The quantitative estimate of drug-likeness (QED) is 0.719. The highest BCUT2D eigenvalue weighted by molar-refractivity contribution is 5.82. The summed E-state index contributed by atoms with van der Waals surface area (Å²) in [5.74, 6) is 2.25. The van der Waals surface area contributed by atoms with E-state index in [4.69, 9.17) is 0 Å². The molecule has 1 heterocycles. The lowest BCUT2D eigenvalue weighted by molar-refractivity contribution is -0.123. The van der Waals surface area contributed by atoms with E-state index in [0.29, 0.717) is 17.2 Å². The van der Waals surface area contributed by atoms with E-state index in [1.165, 1.54) is 12.8 Å². The van der Waals surface area contributed by atoms with Crippen LogP contribution >= 0.6 is 0 Å². The van der Waals surface area contributed by atoms with Crippen LogP contribution in [0.2, 0.25) is 0 Å². The average molecular weight is 208 g/mol. The van der Waals surface area contributed by atoms with E-state index in [-0.39, 0.29) is 0 Å². The van der Waals surface area contributed by atoms with Crippen molar-refractivity contribution in [3.05, 3.63) is 0 Å². The summed E-state index contributed by atoms with van der Waals surface area (Å²) in [7, 11) is 0. The molecule has 0 aromatic carbocycles. The van der Waals surface area contributed by atoms with Gasteiger partial charge in [0.1, 0.15) is 0 Å². The molecule has 3 fully saturated rings. The third-order valence-corrected chi connectivity index (χ3v) is 4.60. The van der Waals surface area contributed by atoms with Gasteiger partial charge in [-0.1, -0.05) is 6.92 Å². The van der Waals surface area contributed by atoms with Crippen LogP contribution in [-0.2, 0) is 4.79 Å². The third kappa shape index (κ3) is 1.67. The van der Waals surface area contributed by atoms with Gasteiger partial charge in [0.15, 0.2) is 0 Å². The molecular weight excluding hydrogens is 188 g/mol. The standard InChI is InChI=1S/C12H20N2O/c1-8-4-9(8)6-14-11(15)10-5-12(10)2-3-13-7-12/h8-10,13H,2-7H2,1H3,(H,14,15). The van der Waals surface area contributed by atoms with Gasteiger partial charge in [-0.05, 0) is 43.1 Å². The van der Waals surface area contributed by atoms with Crippen LogP contribution < -0.4 is 10.6 Å². The molecule has 0 aromatic rings. The first kappa shape index (κ1) is 9.64. The molecule has 4 atom stereocenters. The average Bonchev–Trinajstić information content (AvgIpc) is 3.01. The first-order valence-electron chi connectivity index (χ1n) is 6.20. The maximum absolute atomic E-state index is 11.9. The number of carbonyl (C=O) groups is 1. The molecule has 3 rings (SSSR count). The third-order valence-electron chi connectivity index (χ3n) is 4.60. The van der Waals surface area contributed by atoms with Crippen LogP contribution in [0.25, 0.3) is 0 Å². The molecule has 0 bridgehead atoms. The van der Waals surface area contributed by atoms with Crippen molar-refractivity contribution in [2.75, 3.05) is 19.6 Å². The fourth-order valence-electron chi connectivity index (χ4n) is 2.99. The Morgan fingerprint density at radius 1 is 1.60 bits per heavy atom. The molecule has 1 spiro atoms. The van der Waals surface area contributed by atoms with Gasteiger partial charge < -0.3 is 10.6 Å². The number of nitrogens with one attached hydrogen (secondary N) is 2. The van der Waals surface area contributed by atoms with Crippen LogP contribution in [0.4, 0.5) is 0 Å². The van der Waals surface area contributed by atoms with Crippen molar-refractivity contribution in [1.82, 2.24) is 10.6 Å². The van der Waals surface area contributed by atoms with E-state index >= 15 is 0 Å². The lowest BCUT2D eigenvalue weighted by Crippen LogP contribution is -2.30. The Hall–Kier alpha value is -0.570. The highest BCUT2D eigenvalue weighted by atomic mass is 16.2. The number of rotatable bonds is 3. The van der Waals surface area contributed by atoms with Crippen LogP contribution in [0.1, 0.15) is 26.2 Å². The monoisotopic (exact) mass is 208 g/mol. The summed E-state index contributed by atoms with van der Waals surface area (Å²) < 4.78 is 0. The van der Waals surface area contributed by atoms with E-state index in [1.54, 1.807) is 0 Å². The molecule has 15 heavy (non-hydrogen) atoms. The van der Waals surface area contributed by atoms with Gasteiger partial charge in [-0.25, -0.2) is 0 Å². The SMILES string of the molecule is CC1CC1CNC(=O)C1CC12CCNC2. The second-order valence-electron chi connectivity index (χ2n) is 5.76. The Balaban J connectivity index is 1.46. The number of amides is 1.